The standard InChI is InChI=1S/C21H22N2S/c24-21-22-19(16-10-5-2-6-11-16)18-13-7-12-17(20(18)23-21)14-15-8-3-1-4-9-15/h1-6,8-11,14,18-20H,7,12-13H2,(H2,22,23,24)/b17-14-/t18-,19+,20-/m1/s1. The molecule has 24 heavy (non-hydrogen) atoms. The van der Waals surface area contributed by atoms with Gasteiger partial charge in [0, 0.05) is 5.92 Å². The van der Waals surface area contributed by atoms with Gasteiger partial charge in [0.15, 0.2) is 5.11 Å². The smallest absolute Gasteiger partial charge is 0.167 e. The van der Waals surface area contributed by atoms with E-state index < -0.39 is 0 Å². The van der Waals surface area contributed by atoms with Gasteiger partial charge in [-0.1, -0.05) is 66.7 Å². The van der Waals surface area contributed by atoms with E-state index in [0.29, 0.717) is 18.0 Å². The van der Waals surface area contributed by atoms with E-state index >= 15 is 0 Å². The molecule has 0 bridgehead atoms. The Kier molecular flexibility index (Phi) is 4.35. The summed E-state index contributed by atoms with van der Waals surface area (Å²) < 4.78 is 0. The molecule has 4 rings (SSSR count). The normalized spacial score (nSPS) is 27.9. The molecule has 2 nitrogen and oxygen atoms in total. The summed E-state index contributed by atoms with van der Waals surface area (Å²) >= 11 is 5.52. The third-order valence-corrected chi connectivity index (χ3v) is 5.38. The van der Waals surface area contributed by atoms with Crippen LogP contribution in [0.3, 0.4) is 0 Å². The van der Waals surface area contributed by atoms with Crippen LogP contribution in [-0.2, 0) is 0 Å². The van der Waals surface area contributed by atoms with Crippen molar-refractivity contribution in [3.63, 3.8) is 0 Å². The van der Waals surface area contributed by atoms with Gasteiger partial charge in [0.05, 0.1) is 12.1 Å². The zero-order valence-corrected chi connectivity index (χ0v) is 14.4. The van der Waals surface area contributed by atoms with Gasteiger partial charge in [0.25, 0.3) is 0 Å². The monoisotopic (exact) mass is 334 g/mol. The van der Waals surface area contributed by atoms with Crippen LogP contribution in [0.5, 0.6) is 0 Å². The Morgan fingerprint density at radius 3 is 2.29 bits per heavy atom. The first kappa shape index (κ1) is 15.4. The lowest BCUT2D eigenvalue weighted by atomic mass is 9.73. The molecular weight excluding hydrogens is 312 g/mol. The van der Waals surface area contributed by atoms with E-state index in [0.717, 1.165) is 11.5 Å². The summed E-state index contributed by atoms with van der Waals surface area (Å²) in [5, 5.41) is 7.82. The fourth-order valence-electron chi connectivity index (χ4n) is 4.05. The number of fused-ring (bicyclic) bond motifs is 1. The highest BCUT2D eigenvalue weighted by Crippen LogP contribution is 2.39. The molecule has 3 atom stereocenters. The third-order valence-electron chi connectivity index (χ3n) is 5.14. The maximum Gasteiger partial charge on any atom is 0.167 e. The van der Waals surface area contributed by atoms with Crippen LogP contribution in [-0.4, -0.2) is 11.2 Å². The molecule has 2 fully saturated rings. The summed E-state index contributed by atoms with van der Waals surface area (Å²) in [5.74, 6) is 0.530. The first-order valence-corrected chi connectivity index (χ1v) is 9.09. The molecule has 1 aliphatic heterocycles. The largest absolute Gasteiger partial charge is 0.356 e. The highest BCUT2D eigenvalue weighted by Gasteiger charge is 2.39. The Morgan fingerprint density at radius 2 is 1.54 bits per heavy atom. The summed E-state index contributed by atoms with van der Waals surface area (Å²) in [6, 6.07) is 21.9. The first-order valence-electron chi connectivity index (χ1n) is 8.69. The molecule has 0 amide bonds. The molecule has 2 aromatic carbocycles. The van der Waals surface area contributed by atoms with Gasteiger partial charge >= 0.3 is 0 Å². The van der Waals surface area contributed by atoms with Crippen molar-refractivity contribution in [2.75, 3.05) is 0 Å². The zero-order valence-electron chi connectivity index (χ0n) is 13.6. The van der Waals surface area contributed by atoms with E-state index in [1.807, 2.05) is 0 Å². The Hall–Kier alpha value is -2.13. The summed E-state index contributed by atoms with van der Waals surface area (Å²) in [5.41, 5.74) is 4.08. The van der Waals surface area contributed by atoms with Crippen LogP contribution in [0, 0.1) is 5.92 Å². The van der Waals surface area contributed by atoms with Crippen LogP contribution in [0.15, 0.2) is 66.2 Å². The predicted octanol–water partition coefficient (Wildman–Crippen LogP) is 4.46. The Labute approximate surface area is 149 Å². The SMILES string of the molecule is S=C1N[C@@H]2/C(=C\c3ccccc3)CCC[C@@H]2[C@H](c2ccccc2)N1. The highest BCUT2D eigenvalue weighted by molar-refractivity contribution is 7.80. The predicted molar refractivity (Wildman–Crippen MR) is 104 cm³/mol. The molecule has 1 heterocycles. The number of rotatable bonds is 2. The summed E-state index contributed by atoms with van der Waals surface area (Å²) in [6.45, 7) is 0. The van der Waals surface area contributed by atoms with E-state index in [1.54, 1.807) is 0 Å². The molecule has 2 aromatic rings. The average molecular weight is 334 g/mol. The Morgan fingerprint density at radius 1 is 0.875 bits per heavy atom. The molecule has 2 aliphatic rings. The summed E-state index contributed by atoms with van der Waals surface area (Å²) in [6.07, 6.45) is 5.95. The topological polar surface area (TPSA) is 24.1 Å². The van der Waals surface area contributed by atoms with Gasteiger partial charge in [-0.05, 0) is 48.2 Å². The maximum atomic E-state index is 5.52. The van der Waals surface area contributed by atoms with Gasteiger partial charge in [-0.2, -0.15) is 0 Å². The summed E-state index contributed by atoms with van der Waals surface area (Å²) in [4.78, 5) is 0. The molecule has 1 saturated carbocycles. The third kappa shape index (κ3) is 3.09. The lowest BCUT2D eigenvalue weighted by molar-refractivity contribution is 0.260. The molecular formula is C21H22N2S. The molecule has 0 aromatic heterocycles. The van der Waals surface area contributed by atoms with E-state index in [9.17, 15) is 0 Å². The minimum absolute atomic E-state index is 0.296. The second-order valence-electron chi connectivity index (χ2n) is 6.67. The van der Waals surface area contributed by atoms with Gasteiger partial charge in [-0.15, -0.1) is 0 Å². The van der Waals surface area contributed by atoms with E-state index in [4.69, 9.17) is 12.2 Å². The number of benzene rings is 2. The lowest BCUT2D eigenvalue weighted by Gasteiger charge is -2.45. The lowest BCUT2D eigenvalue weighted by Crippen LogP contribution is -2.57. The number of hydrogen-bond acceptors (Lipinski definition) is 1. The number of nitrogens with one attached hydrogen (secondary N) is 2. The van der Waals surface area contributed by atoms with Crippen LogP contribution in [0.2, 0.25) is 0 Å². The second-order valence-corrected chi connectivity index (χ2v) is 7.08. The fourth-order valence-corrected chi connectivity index (χ4v) is 4.30. The van der Waals surface area contributed by atoms with E-state index in [1.165, 1.54) is 29.5 Å². The minimum Gasteiger partial charge on any atom is -0.356 e. The molecule has 1 saturated heterocycles. The van der Waals surface area contributed by atoms with Crippen LogP contribution in [0.25, 0.3) is 6.08 Å². The van der Waals surface area contributed by atoms with Gasteiger partial charge in [-0.25, -0.2) is 0 Å². The van der Waals surface area contributed by atoms with Crippen LogP contribution in [0.1, 0.15) is 36.4 Å². The van der Waals surface area contributed by atoms with Gasteiger partial charge in [0.1, 0.15) is 0 Å². The molecule has 3 heteroatoms. The highest BCUT2D eigenvalue weighted by atomic mass is 32.1. The Balaban J connectivity index is 1.67. The van der Waals surface area contributed by atoms with Crippen molar-refractivity contribution in [2.24, 2.45) is 5.92 Å². The zero-order chi connectivity index (χ0) is 16.4. The molecule has 0 radical (unpaired) electrons. The maximum absolute atomic E-state index is 5.52. The average Bonchev–Trinajstić information content (AvgIpc) is 2.63. The van der Waals surface area contributed by atoms with Crippen molar-refractivity contribution in [3.8, 4) is 0 Å². The molecule has 0 unspecified atom stereocenters. The van der Waals surface area contributed by atoms with Crippen molar-refractivity contribution in [3.05, 3.63) is 77.4 Å². The molecule has 0 spiro atoms. The van der Waals surface area contributed by atoms with Crippen LogP contribution in [0.4, 0.5) is 0 Å². The molecule has 2 N–H and O–H groups in total. The summed E-state index contributed by atoms with van der Waals surface area (Å²) in [7, 11) is 0. The van der Waals surface area contributed by atoms with Gasteiger partial charge in [-0.3, -0.25) is 0 Å². The van der Waals surface area contributed by atoms with E-state index in [-0.39, 0.29) is 0 Å². The van der Waals surface area contributed by atoms with Crippen molar-refractivity contribution in [1.29, 1.82) is 0 Å². The van der Waals surface area contributed by atoms with Crippen molar-refractivity contribution < 1.29 is 0 Å². The number of thiocarbonyl (C=S) groups is 1. The van der Waals surface area contributed by atoms with Crippen molar-refractivity contribution in [1.82, 2.24) is 10.6 Å². The first-order chi connectivity index (χ1) is 11.8. The quantitative estimate of drug-likeness (QED) is 0.793. The van der Waals surface area contributed by atoms with Gasteiger partial charge < -0.3 is 10.6 Å². The fraction of sp³-hybridized carbons (Fsp3) is 0.286. The minimum atomic E-state index is 0.296. The van der Waals surface area contributed by atoms with Crippen LogP contribution >= 0.6 is 12.2 Å². The van der Waals surface area contributed by atoms with Crippen molar-refractivity contribution >= 4 is 23.4 Å². The second kappa shape index (κ2) is 6.78. The molecule has 1 aliphatic carbocycles. The van der Waals surface area contributed by atoms with Crippen molar-refractivity contribution in [2.45, 2.75) is 31.3 Å². The van der Waals surface area contributed by atoms with E-state index in [2.05, 4.69) is 77.4 Å². The van der Waals surface area contributed by atoms with Gasteiger partial charge in [0.2, 0.25) is 0 Å². The van der Waals surface area contributed by atoms with Crippen LogP contribution < -0.4 is 10.6 Å². The molecule has 122 valence electrons. The Bertz CT molecular complexity index is 739. The number of hydrogen-bond donors (Lipinski definition) is 2.